The molecule has 1 saturated heterocycles. The van der Waals surface area contributed by atoms with Crippen molar-refractivity contribution in [1.29, 1.82) is 0 Å². The fraction of sp³-hybridized carbons (Fsp3) is 0.300. The summed E-state index contributed by atoms with van der Waals surface area (Å²) < 4.78 is 11.2. The van der Waals surface area contributed by atoms with Crippen molar-refractivity contribution in [3.8, 4) is 5.75 Å². The Morgan fingerprint density at radius 1 is 1.09 bits per heavy atom. The first kappa shape index (κ1) is 14.9. The highest BCUT2D eigenvalue weighted by atomic mass is 16.6. The lowest BCUT2D eigenvalue weighted by atomic mass is 9.93. The lowest BCUT2D eigenvalue weighted by Gasteiger charge is -2.15. The van der Waals surface area contributed by atoms with Gasteiger partial charge in [0.05, 0.1) is 13.7 Å². The van der Waals surface area contributed by atoms with E-state index in [1.54, 1.807) is 7.11 Å². The summed E-state index contributed by atoms with van der Waals surface area (Å²) in [6, 6.07) is 18.6. The molecule has 1 unspecified atom stereocenters. The van der Waals surface area contributed by atoms with E-state index >= 15 is 0 Å². The smallest absolute Gasteiger partial charge is 0.125 e. The van der Waals surface area contributed by atoms with Gasteiger partial charge in [0.1, 0.15) is 11.4 Å². The summed E-state index contributed by atoms with van der Waals surface area (Å²) in [5.74, 6) is 0.930. The number of benzene rings is 2. The minimum Gasteiger partial charge on any atom is -0.496 e. The summed E-state index contributed by atoms with van der Waals surface area (Å²) in [6.45, 7) is 0.801. The third-order valence-corrected chi connectivity index (χ3v) is 4.15. The van der Waals surface area contributed by atoms with Gasteiger partial charge in [0.2, 0.25) is 0 Å². The molecule has 22 heavy (non-hydrogen) atoms. The molecule has 3 rings (SSSR count). The number of epoxide rings is 1. The van der Waals surface area contributed by atoms with Crippen LogP contribution in [-0.4, -0.2) is 13.7 Å². The highest BCUT2D eigenvalue weighted by molar-refractivity contribution is 5.48. The highest BCUT2D eigenvalue weighted by Crippen LogP contribution is 2.46. The predicted octanol–water partition coefficient (Wildman–Crippen LogP) is 4.80. The van der Waals surface area contributed by atoms with Gasteiger partial charge in [-0.3, -0.25) is 0 Å². The largest absolute Gasteiger partial charge is 0.496 e. The normalized spacial score (nSPS) is 20.2. The van der Waals surface area contributed by atoms with Crippen molar-refractivity contribution in [2.75, 3.05) is 13.7 Å². The zero-order valence-corrected chi connectivity index (χ0v) is 13.0. The van der Waals surface area contributed by atoms with Gasteiger partial charge in [0, 0.05) is 5.56 Å². The molecule has 114 valence electrons. The van der Waals surface area contributed by atoms with Crippen LogP contribution < -0.4 is 4.74 Å². The Morgan fingerprint density at radius 3 is 2.55 bits per heavy atom. The van der Waals surface area contributed by atoms with Gasteiger partial charge in [-0.15, -0.1) is 0 Å². The maximum Gasteiger partial charge on any atom is 0.125 e. The lowest BCUT2D eigenvalue weighted by Crippen LogP contribution is -2.10. The molecule has 1 fully saturated rings. The van der Waals surface area contributed by atoms with E-state index in [0.717, 1.165) is 31.6 Å². The number of rotatable bonds is 7. The van der Waals surface area contributed by atoms with Crippen LogP contribution in [-0.2, 0) is 10.3 Å². The van der Waals surface area contributed by atoms with E-state index in [2.05, 4.69) is 48.6 Å². The van der Waals surface area contributed by atoms with Crippen molar-refractivity contribution >= 4 is 6.08 Å². The molecule has 1 atom stereocenters. The number of hydrogen-bond donors (Lipinski definition) is 0. The SMILES string of the molecule is COc1ccccc1C1(CCC/C=C/c2ccccc2)CO1. The van der Waals surface area contributed by atoms with E-state index in [9.17, 15) is 0 Å². The predicted molar refractivity (Wildman–Crippen MR) is 90.0 cm³/mol. The van der Waals surface area contributed by atoms with E-state index in [1.807, 2.05) is 18.2 Å². The Bertz CT molecular complexity index is 627. The van der Waals surface area contributed by atoms with Crippen molar-refractivity contribution in [3.63, 3.8) is 0 Å². The fourth-order valence-electron chi connectivity index (χ4n) is 2.83. The molecule has 1 heterocycles. The molecular formula is C20H22O2. The zero-order chi connectivity index (χ0) is 15.3. The van der Waals surface area contributed by atoms with Crippen LogP contribution >= 0.6 is 0 Å². The Labute approximate surface area is 132 Å². The van der Waals surface area contributed by atoms with Gasteiger partial charge in [-0.05, 0) is 30.9 Å². The molecule has 2 aromatic rings. The number of allylic oxidation sites excluding steroid dienone is 1. The lowest BCUT2D eigenvalue weighted by molar-refractivity contribution is 0.279. The number of para-hydroxylation sites is 1. The highest BCUT2D eigenvalue weighted by Gasteiger charge is 2.47. The van der Waals surface area contributed by atoms with E-state index in [0.29, 0.717) is 0 Å². The van der Waals surface area contributed by atoms with Gasteiger partial charge in [-0.1, -0.05) is 60.7 Å². The second kappa shape index (κ2) is 6.80. The van der Waals surface area contributed by atoms with Crippen LogP contribution in [0.25, 0.3) is 6.08 Å². The maximum atomic E-state index is 5.79. The molecule has 0 N–H and O–H groups in total. The molecule has 2 nitrogen and oxygen atoms in total. The van der Waals surface area contributed by atoms with Crippen molar-refractivity contribution in [1.82, 2.24) is 0 Å². The number of ether oxygens (including phenoxy) is 2. The van der Waals surface area contributed by atoms with Gasteiger partial charge in [0.25, 0.3) is 0 Å². The average molecular weight is 294 g/mol. The summed E-state index contributed by atoms with van der Waals surface area (Å²) in [5, 5.41) is 0. The molecule has 0 radical (unpaired) electrons. The molecule has 0 aromatic heterocycles. The van der Waals surface area contributed by atoms with Crippen molar-refractivity contribution in [2.24, 2.45) is 0 Å². The fourth-order valence-corrected chi connectivity index (χ4v) is 2.83. The summed E-state index contributed by atoms with van der Waals surface area (Å²) >= 11 is 0. The number of hydrogen-bond acceptors (Lipinski definition) is 2. The average Bonchev–Trinajstić information content (AvgIpc) is 3.36. The first-order valence-corrected chi connectivity index (χ1v) is 7.83. The molecule has 0 saturated carbocycles. The minimum atomic E-state index is -0.118. The van der Waals surface area contributed by atoms with E-state index < -0.39 is 0 Å². The Hall–Kier alpha value is -2.06. The quantitative estimate of drug-likeness (QED) is 0.540. The zero-order valence-electron chi connectivity index (χ0n) is 13.0. The minimum absolute atomic E-state index is 0.118. The summed E-state index contributed by atoms with van der Waals surface area (Å²) in [6.07, 6.45) is 7.64. The van der Waals surface area contributed by atoms with E-state index in [-0.39, 0.29) is 5.60 Å². The molecule has 0 spiro atoms. The van der Waals surface area contributed by atoms with Crippen LogP contribution in [0.5, 0.6) is 5.75 Å². The molecule has 2 aromatic carbocycles. The molecule has 0 aliphatic carbocycles. The standard InChI is InChI=1S/C20H22O2/c1-21-19-14-8-7-13-18(19)20(16-22-20)15-9-3-6-12-17-10-4-2-5-11-17/h2,4-8,10-14H,3,9,15-16H2,1H3/b12-6+. The summed E-state index contributed by atoms with van der Waals surface area (Å²) in [4.78, 5) is 0. The molecule has 0 bridgehead atoms. The molecule has 1 aliphatic heterocycles. The van der Waals surface area contributed by atoms with Crippen molar-refractivity contribution in [3.05, 3.63) is 71.8 Å². The Kier molecular flexibility index (Phi) is 4.59. The van der Waals surface area contributed by atoms with Crippen LogP contribution in [0.1, 0.15) is 30.4 Å². The topological polar surface area (TPSA) is 21.8 Å². The van der Waals surface area contributed by atoms with Gasteiger partial charge in [-0.2, -0.15) is 0 Å². The van der Waals surface area contributed by atoms with Crippen molar-refractivity contribution in [2.45, 2.75) is 24.9 Å². The monoisotopic (exact) mass is 294 g/mol. The third-order valence-electron chi connectivity index (χ3n) is 4.15. The second-order valence-electron chi connectivity index (χ2n) is 5.69. The van der Waals surface area contributed by atoms with Crippen LogP contribution in [0, 0.1) is 0 Å². The second-order valence-corrected chi connectivity index (χ2v) is 5.69. The molecule has 2 heteroatoms. The van der Waals surface area contributed by atoms with Crippen LogP contribution in [0.2, 0.25) is 0 Å². The van der Waals surface area contributed by atoms with Gasteiger partial charge in [-0.25, -0.2) is 0 Å². The maximum absolute atomic E-state index is 5.79. The van der Waals surface area contributed by atoms with Crippen LogP contribution in [0.15, 0.2) is 60.7 Å². The van der Waals surface area contributed by atoms with Crippen molar-refractivity contribution < 1.29 is 9.47 Å². The first-order valence-electron chi connectivity index (χ1n) is 7.83. The van der Waals surface area contributed by atoms with Gasteiger partial charge >= 0.3 is 0 Å². The molecular weight excluding hydrogens is 272 g/mol. The molecule has 0 amide bonds. The van der Waals surface area contributed by atoms with E-state index in [4.69, 9.17) is 9.47 Å². The summed E-state index contributed by atoms with van der Waals surface area (Å²) in [5.41, 5.74) is 2.32. The Balaban J connectivity index is 1.54. The number of methoxy groups -OCH3 is 1. The number of unbranched alkanes of at least 4 members (excludes halogenated alkanes) is 1. The van der Waals surface area contributed by atoms with Crippen LogP contribution in [0.4, 0.5) is 0 Å². The first-order chi connectivity index (χ1) is 10.8. The Morgan fingerprint density at radius 2 is 1.82 bits per heavy atom. The van der Waals surface area contributed by atoms with Crippen LogP contribution in [0.3, 0.4) is 0 Å². The van der Waals surface area contributed by atoms with Gasteiger partial charge < -0.3 is 9.47 Å². The van der Waals surface area contributed by atoms with Gasteiger partial charge in [0.15, 0.2) is 0 Å². The summed E-state index contributed by atoms with van der Waals surface area (Å²) in [7, 11) is 1.72. The molecule has 1 aliphatic rings. The third kappa shape index (κ3) is 3.40. The van der Waals surface area contributed by atoms with E-state index in [1.165, 1.54) is 11.1 Å².